The first kappa shape index (κ1) is 22.3. The number of hydrogen-bond donors (Lipinski definition) is 1. The first-order valence-corrected chi connectivity index (χ1v) is 12.9. The van der Waals surface area contributed by atoms with Crippen LogP contribution in [-0.4, -0.2) is 39.5 Å². The van der Waals surface area contributed by atoms with E-state index in [9.17, 15) is 9.90 Å². The number of carbonyl (C=O) groups is 1. The number of aliphatic hydroxyl groups is 1. The third-order valence-corrected chi connectivity index (χ3v) is 10.6. The molecule has 4 aliphatic rings. The summed E-state index contributed by atoms with van der Waals surface area (Å²) >= 11 is 0. The van der Waals surface area contributed by atoms with Gasteiger partial charge in [0.2, 0.25) is 0 Å². The highest BCUT2D eigenvalue weighted by Gasteiger charge is 2.61. The van der Waals surface area contributed by atoms with Crippen LogP contribution in [0.3, 0.4) is 0 Å². The molecule has 5 rings (SSSR count). The molecule has 5 nitrogen and oxygen atoms in total. The lowest BCUT2D eigenvalue weighted by Crippen LogP contribution is -2.55. The molecule has 32 heavy (non-hydrogen) atoms. The van der Waals surface area contributed by atoms with Crippen LogP contribution in [0.25, 0.3) is 0 Å². The molecule has 4 fully saturated rings. The van der Waals surface area contributed by atoms with Crippen LogP contribution in [0.2, 0.25) is 0 Å². The van der Waals surface area contributed by atoms with Gasteiger partial charge in [-0.25, -0.2) is 0 Å². The maximum absolute atomic E-state index is 13.4. The molecule has 4 saturated carbocycles. The van der Waals surface area contributed by atoms with Gasteiger partial charge in [-0.3, -0.25) is 14.5 Å². The topological polar surface area (TPSA) is 67.5 Å². The van der Waals surface area contributed by atoms with Crippen molar-refractivity contribution in [3.63, 3.8) is 0 Å². The van der Waals surface area contributed by atoms with E-state index in [4.69, 9.17) is 0 Å². The minimum atomic E-state index is -0.472. The predicted octanol–water partition coefficient (Wildman–Crippen LogP) is 4.91. The average Bonchev–Trinajstić information content (AvgIpc) is 3.32. The molecule has 1 heterocycles. The van der Waals surface area contributed by atoms with Crippen molar-refractivity contribution in [2.45, 2.75) is 90.7 Å². The first-order chi connectivity index (χ1) is 15.2. The van der Waals surface area contributed by atoms with Crippen molar-refractivity contribution in [3.05, 3.63) is 18.0 Å². The highest BCUT2D eigenvalue weighted by molar-refractivity contribution is 5.82. The van der Waals surface area contributed by atoms with E-state index in [1.54, 1.807) is 17.9 Å². The second-order valence-corrected chi connectivity index (χ2v) is 12.3. The van der Waals surface area contributed by atoms with Crippen molar-refractivity contribution in [2.24, 2.45) is 45.4 Å². The SMILES string of the molecule is C/N=C/c1ccn(CC(=O)[C@H]2CC[C@H]3[C@@H]4CC[C@H]5C[C@](C)(O)CC[C@]5(C)[C@H]4CC[C@]23C)n1. The number of ketones is 1. The van der Waals surface area contributed by atoms with Crippen molar-refractivity contribution in [1.82, 2.24) is 9.78 Å². The zero-order valence-electron chi connectivity index (χ0n) is 20.4. The molecule has 0 unspecified atom stereocenters. The Morgan fingerprint density at radius 2 is 1.91 bits per heavy atom. The summed E-state index contributed by atoms with van der Waals surface area (Å²) in [6.07, 6.45) is 14.0. The Labute approximate surface area is 193 Å². The molecule has 0 radical (unpaired) electrons. The monoisotopic (exact) mass is 439 g/mol. The van der Waals surface area contributed by atoms with E-state index in [1.165, 1.54) is 38.5 Å². The number of Topliss-reactive ketones (excluding diaryl/α,β-unsaturated/α-hetero) is 1. The molecule has 1 aromatic rings. The van der Waals surface area contributed by atoms with Gasteiger partial charge in [0.05, 0.1) is 12.1 Å². The Hall–Kier alpha value is -1.49. The molecule has 0 amide bonds. The normalized spacial score (nSPS) is 46.0. The Balaban J connectivity index is 1.32. The molecule has 0 aromatic carbocycles. The van der Waals surface area contributed by atoms with E-state index in [1.807, 2.05) is 19.2 Å². The largest absolute Gasteiger partial charge is 0.390 e. The van der Waals surface area contributed by atoms with Crippen molar-refractivity contribution in [1.29, 1.82) is 0 Å². The van der Waals surface area contributed by atoms with Gasteiger partial charge in [0, 0.05) is 25.4 Å². The van der Waals surface area contributed by atoms with Gasteiger partial charge < -0.3 is 5.11 Å². The third kappa shape index (κ3) is 3.50. The molecule has 0 aliphatic heterocycles. The van der Waals surface area contributed by atoms with E-state index in [2.05, 4.69) is 23.9 Å². The summed E-state index contributed by atoms with van der Waals surface area (Å²) in [5.41, 5.74) is 0.858. The smallest absolute Gasteiger partial charge is 0.157 e. The molecular weight excluding hydrogens is 398 g/mol. The maximum Gasteiger partial charge on any atom is 0.157 e. The maximum atomic E-state index is 13.4. The summed E-state index contributed by atoms with van der Waals surface area (Å²) in [5.74, 6) is 3.40. The van der Waals surface area contributed by atoms with E-state index < -0.39 is 5.60 Å². The van der Waals surface area contributed by atoms with Crippen molar-refractivity contribution >= 4 is 12.0 Å². The Morgan fingerprint density at radius 3 is 2.69 bits per heavy atom. The minimum absolute atomic E-state index is 0.141. The Kier molecular flexibility index (Phi) is 5.43. The second-order valence-electron chi connectivity index (χ2n) is 12.3. The van der Waals surface area contributed by atoms with Gasteiger partial charge >= 0.3 is 0 Å². The van der Waals surface area contributed by atoms with Gasteiger partial charge in [-0.05, 0) is 105 Å². The molecule has 176 valence electrons. The Bertz CT molecular complexity index is 904. The Morgan fingerprint density at radius 1 is 1.12 bits per heavy atom. The quantitative estimate of drug-likeness (QED) is 0.678. The molecule has 8 atom stereocenters. The van der Waals surface area contributed by atoms with Crippen molar-refractivity contribution in [3.8, 4) is 0 Å². The first-order valence-electron chi connectivity index (χ1n) is 12.9. The average molecular weight is 440 g/mol. The number of carbonyl (C=O) groups excluding carboxylic acids is 1. The summed E-state index contributed by atoms with van der Waals surface area (Å²) in [5, 5.41) is 15.2. The number of nitrogens with zero attached hydrogens (tertiary/aromatic N) is 3. The summed E-state index contributed by atoms with van der Waals surface area (Å²) in [6.45, 7) is 7.40. The van der Waals surface area contributed by atoms with E-state index in [0.29, 0.717) is 29.6 Å². The molecule has 5 heteroatoms. The van der Waals surface area contributed by atoms with E-state index in [-0.39, 0.29) is 11.3 Å². The van der Waals surface area contributed by atoms with Gasteiger partial charge in [0.15, 0.2) is 5.78 Å². The lowest BCUT2D eigenvalue weighted by molar-refractivity contribution is -0.151. The van der Waals surface area contributed by atoms with E-state index >= 15 is 0 Å². The number of aliphatic imine (C=N–C) groups is 1. The molecule has 0 bridgehead atoms. The van der Waals surface area contributed by atoms with Gasteiger partial charge in [0.1, 0.15) is 5.69 Å². The van der Waals surface area contributed by atoms with Crippen LogP contribution >= 0.6 is 0 Å². The highest BCUT2D eigenvalue weighted by Crippen LogP contribution is 2.68. The van der Waals surface area contributed by atoms with Crippen LogP contribution in [0.5, 0.6) is 0 Å². The van der Waals surface area contributed by atoms with Crippen LogP contribution in [-0.2, 0) is 11.3 Å². The molecule has 0 saturated heterocycles. The standard InChI is InChI=1S/C27H41N3O2/c1-25(32)12-13-26(2)18(15-25)5-6-20-21-7-8-23(27(21,3)11-9-22(20)26)24(31)17-30-14-10-19(29-30)16-28-4/h10,14,16,18,20-23,32H,5-9,11-13,15,17H2,1-4H3/b28-16+/t18-,20-,21-,22-,23+,25+,26-,27-/m0/s1. The molecular formula is C27H41N3O2. The number of fused-ring (bicyclic) bond motifs is 5. The van der Waals surface area contributed by atoms with Crippen molar-refractivity contribution < 1.29 is 9.90 Å². The lowest BCUT2D eigenvalue weighted by atomic mass is 9.44. The van der Waals surface area contributed by atoms with Crippen LogP contribution in [0, 0.1) is 40.4 Å². The number of hydrogen-bond acceptors (Lipinski definition) is 4. The van der Waals surface area contributed by atoms with Crippen LogP contribution in [0.15, 0.2) is 17.3 Å². The fourth-order valence-corrected chi connectivity index (χ4v) is 8.90. The second kappa shape index (κ2) is 7.78. The molecule has 1 N–H and O–H groups in total. The zero-order chi connectivity index (χ0) is 22.7. The summed E-state index contributed by atoms with van der Waals surface area (Å²) in [7, 11) is 1.74. The predicted molar refractivity (Wildman–Crippen MR) is 127 cm³/mol. The van der Waals surface area contributed by atoms with Gasteiger partial charge in [-0.2, -0.15) is 5.10 Å². The lowest BCUT2D eigenvalue weighted by Gasteiger charge is -2.61. The summed E-state index contributed by atoms with van der Waals surface area (Å²) < 4.78 is 1.79. The van der Waals surface area contributed by atoms with Gasteiger partial charge in [-0.1, -0.05) is 13.8 Å². The van der Waals surface area contributed by atoms with E-state index in [0.717, 1.165) is 36.8 Å². The molecule has 0 spiro atoms. The van der Waals surface area contributed by atoms with Crippen molar-refractivity contribution in [2.75, 3.05) is 7.05 Å². The number of aromatic nitrogens is 2. The molecule has 4 aliphatic carbocycles. The minimum Gasteiger partial charge on any atom is -0.390 e. The van der Waals surface area contributed by atoms with Gasteiger partial charge in [-0.15, -0.1) is 0 Å². The fourth-order valence-electron chi connectivity index (χ4n) is 8.90. The summed E-state index contributed by atoms with van der Waals surface area (Å²) in [4.78, 5) is 17.5. The number of rotatable bonds is 4. The van der Waals surface area contributed by atoms with Crippen LogP contribution in [0.1, 0.15) is 84.3 Å². The fraction of sp³-hybridized carbons (Fsp3) is 0.815. The van der Waals surface area contributed by atoms with Gasteiger partial charge in [0.25, 0.3) is 0 Å². The zero-order valence-corrected chi connectivity index (χ0v) is 20.4. The molecule has 1 aromatic heterocycles. The van der Waals surface area contributed by atoms with Crippen LogP contribution < -0.4 is 0 Å². The summed E-state index contributed by atoms with van der Waals surface area (Å²) in [6, 6.07) is 1.92. The van der Waals surface area contributed by atoms with Crippen LogP contribution in [0.4, 0.5) is 0 Å². The third-order valence-electron chi connectivity index (χ3n) is 10.6. The highest BCUT2D eigenvalue weighted by atomic mass is 16.3.